The maximum Gasteiger partial charge on any atom is 0.131 e. The van der Waals surface area contributed by atoms with E-state index < -0.39 is 6.10 Å². The first kappa shape index (κ1) is 22.9. The lowest BCUT2D eigenvalue weighted by Gasteiger charge is -2.18. The molecule has 0 bridgehead atoms. The monoisotopic (exact) mass is 370 g/mol. The van der Waals surface area contributed by atoms with E-state index in [1.807, 2.05) is 31.2 Å². The molecule has 2 atom stereocenters. The number of quaternary nitrogens is 2. The molecule has 2 aromatic carbocycles. The summed E-state index contributed by atoms with van der Waals surface area (Å²) in [6, 6.07) is 16.7. The van der Waals surface area contributed by atoms with Gasteiger partial charge < -0.3 is 41.0 Å². The van der Waals surface area contributed by atoms with Gasteiger partial charge in [0.05, 0.1) is 6.54 Å². The van der Waals surface area contributed by atoms with Crippen molar-refractivity contribution in [2.24, 2.45) is 0 Å². The third-order valence-corrected chi connectivity index (χ3v) is 4.26. The van der Waals surface area contributed by atoms with Gasteiger partial charge in [0.2, 0.25) is 0 Å². The summed E-state index contributed by atoms with van der Waals surface area (Å²) >= 11 is 0. The summed E-state index contributed by atoms with van der Waals surface area (Å²) in [5.74, 6) is 0. The fourth-order valence-electron chi connectivity index (χ4n) is 2.64. The molecule has 0 heterocycles. The van der Waals surface area contributed by atoms with E-state index in [9.17, 15) is 5.11 Å². The van der Waals surface area contributed by atoms with Crippen molar-refractivity contribution in [1.82, 2.24) is 0 Å². The molecule has 0 radical (unpaired) electrons. The predicted molar refractivity (Wildman–Crippen MR) is 89.7 cm³/mol. The van der Waals surface area contributed by atoms with Crippen molar-refractivity contribution in [2.45, 2.75) is 38.8 Å². The van der Waals surface area contributed by atoms with Gasteiger partial charge >= 0.3 is 0 Å². The van der Waals surface area contributed by atoms with E-state index in [1.54, 1.807) is 0 Å². The third kappa shape index (κ3) is 6.80. The molecule has 134 valence electrons. The average molecular weight is 371 g/mol. The lowest BCUT2D eigenvalue weighted by molar-refractivity contribution is -0.694. The van der Waals surface area contributed by atoms with Gasteiger partial charge in [-0.1, -0.05) is 42.5 Å². The van der Waals surface area contributed by atoms with E-state index >= 15 is 0 Å². The van der Waals surface area contributed by atoms with Gasteiger partial charge in [0.25, 0.3) is 0 Å². The van der Waals surface area contributed by atoms with Crippen LogP contribution in [-0.2, 0) is 6.42 Å². The van der Waals surface area contributed by atoms with Crippen LogP contribution in [0.3, 0.4) is 0 Å². The highest BCUT2D eigenvalue weighted by molar-refractivity contribution is 5.41. The molecule has 3 nitrogen and oxygen atoms in total. The summed E-state index contributed by atoms with van der Waals surface area (Å²) in [5, 5.41) is 12.7. The number of aliphatic hydroxyl groups excluding tert-OH is 1. The summed E-state index contributed by atoms with van der Waals surface area (Å²) in [5.41, 5.74) is 8.51. The Hall–Kier alpha value is -1.10. The molecule has 0 aromatic heterocycles. The summed E-state index contributed by atoms with van der Waals surface area (Å²) in [4.78, 5) is 0. The molecule has 2 unspecified atom stereocenters. The first-order valence-corrected chi connectivity index (χ1v) is 8.05. The number of nitrogens with two attached hydrogens (primary N) is 1. The minimum atomic E-state index is -0.446. The van der Waals surface area contributed by atoms with Gasteiger partial charge in [0.15, 0.2) is 0 Å². The summed E-state index contributed by atoms with van der Waals surface area (Å²) in [6.07, 6.45) is 1.77. The van der Waals surface area contributed by atoms with E-state index in [4.69, 9.17) is 0 Å². The number of aliphatic hydroxyl groups is 1. The van der Waals surface area contributed by atoms with E-state index in [1.165, 1.54) is 5.56 Å². The molecule has 0 saturated carbocycles. The zero-order chi connectivity index (χ0) is 15.9. The zero-order valence-electron chi connectivity index (χ0n) is 14.4. The van der Waals surface area contributed by atoms with Gasteiger partial charge in [0, 0.05) is 18.1 Å². The predicted octanol–water partition coefficient (Wildman–Crippen LogP) is -4.51. The molecule has 0 aliphatic carbocycles. The van der Waals surface area contributed by atoms with Crippen LogP contribution in [0.25, 0.3) is 0 Å². The van der Waals surface area contributed by atoms with E-state index in [0.717, 1.165) is 36.2 Å². The molecule has 24 heavy (non-hydrogen) atoms. The van der Waals surface area contributed by atoms with Crippen LogP contribution >= 0.6 is 0 Å². The molecular weight excluding hydrogens is 343 g/mol. The normalized spacial score (nSPS) is 12.7. The van der Waals surface area contributed by atoms with Gasteiger partial charge in [-0.15, -0.1) is 0 Å². The Morgan fingerprint density at radius 2 is 1.75 bits per heavy atom. The molecule has 0 spiro atoms. The number of hydrogen-bond acceptors (Lipinski definition) is 1. The molecule has 5 heteroatoms. The van der Waals surface area contributed by atoms with Crippen molar-refractivity contribution in [3.63, 3.8) is 0 Å². The minimum absolute atomic E-state index is 0. The molecule has 0 aliphatic heterocycles. The Morgan fingerprint density at radius 3 is 2.38 bits per heavy atom. The van der Waals surface area contributed by atoms with Crippen LogP contribution in [0.5, 0.6) is 0 Å². The Balaban J connectivity index is 0.00000264. The zero-order valence-corrected chi connectivity index (χ0v) is 15.9. The molecule has 2 rings (SSSR count). The van der Waals surface area contributed by atoms with Crippen LogP contribution in [0.1, 0.15) is 36.1 Å². The number of halogens is 2. The Labute approximate surface area is 157 Å². The van der Waals surface area contributed by atoms with Crippen molar-refractivity contribution in [3.05, 3.63) is 65.2 Å². The van der Waals surface area contributed by atoms with Gasteiger partial charge in [-0.2, -0.15) is 0 Å². The van der Waals surface area contributed by atoms with E-state index in [-0.39, 0.29) is 30.9 Å². The van der Waals surface area contributed by atoms with Gasteiger partial charge in [-0.25, -0.2) is 0 Å². The van der Waals surface area contributed by atoms with E-state index in [2.05, 4.69) is 42.2 Å². The first-order chi connectivity index (χ1) is 10.6. The number of aryl methyl sites for hydroxylation is 2. The summed E-state index contributed by atoms with van der Waals surface area (Å²) in [7, 11) is 0. The van der Waals surface area contributed by atoms with Gasteiger partial charge in [0.1, 0.15) is 17.8 Å². The second-order valence-electron chi connectivity index (χ2n) is 6.10. The van der Waals surface area contributed by atoms with Crippen LogP contribution in [0.15, 0.2) is 48.5 Å². The fourth-order valence-corrected chi connectivity index (χ4v) is 2.64. The van der Waals surface area contributed by atoms with Crippen molar-refractivity contribution in [1.29, 1.82) is 0 Å². The number of benzene rings is 2. The molecule has 0 amide bonds. The second kappa shape index (κ2) is 11.5. The highest BCUT2D eigenvalue weighted by Crippen LogP contribution is 2.19. The molecule has 0 saturated heterocycles. The summed E-state index contributed by atoms with van der Waals surface area (Å²) < 4.78 is 0. The van der Waals surface area contributed by atoms with Crippen LogP contribution in [0, 0.1) is 6.92 Å². The highest BCUT2D eigenvalue weighted by atomic mass is 35.5. The van der Waals surface area contributed by atoms with Crippen LogP contribution < -0.4 is 35.9 Å². The first-order valence-electron chi connectivity index (χ1n) is 8.05. The van der Waals surface area contributed by atoms with Crippen molar-refractivity contribution >= 4 is 5.69 Å². The maximum atomic E-state index is 10.5. The third-order valence-electron chi connectivity index (χ3n) is 4.26. The van der Waals surface area contributed by atoms with Crippen molar-refractivity contribution < 1.29 is 41.0 Å². The van der Waals surface area contributed by atoms with Crippen molar-refractivity contribution in [2.75, 3.05) is 6.54 Å². The smallest absolute Gasteiger partial charge is 0.131 e. The van der Waals surface area contributed by atoms with E-state index in [0.29, 0.717) is 0 Å². The number of hydrogen-bond donors (Lipinski definition) is 3. The molecule has 0 fully saturated rings. The average Bonchev–Trinajstić information content (AvgIpc) is 2.54. The summed E-state index contributed by atoms with van der Waals surface area (Å²) in [6.45, 7) is 5.14. The lowest BCUT2D eigenvalue weighted by atomic mass is 10.0. The highest BCUT2D eigenvalue weighted by Gasteiger charge is 2.19. The second-order valence-corrected chi connectivity index (χ2v) is 6.10. The van der Waals surface area contributed by atoms with Crippen molar-refractivity contribution in [3.8, 4) is 0 Å². The molecule has 0 aliphatic rings. The lowest BCUT2D eigenvalue weighted by Crippen LogP contribution is -3.00. The Bertz CT molecular complexity index is 593. The van der Waals surface area contributed by atoms with Crippen LogP contribution in [0.4, 0.5) is 5.69 Å². The molecular formula is C19H28Cl2N2O. The fraction of sp³-hybridized carbons (Fsp3) is 0.368. The standard InChI is InChI=1S/C19H26N2O.2ClH/c1-14-10-11-17(13-18(14)20)19(22)15(2)21-12-6-9-16-7-4-3-5-8-16;;/h3-5,7-8,10-11,13,15,19,21-22H,6,9,12,20H2,1-2H3;2*1H. The quantitative estimate of drug-likeness (QED) is 0.422. The van der Waals surface area contributed by atoms with Crippen LogP contribution in [-0.4, -0.2) is 17.7 Å². The molecule has 2 aromatic rings. The van der Waals surface area contributed by atoms with Gasteiger partial charge in [-0.05, 0) is 31.4 Å². The topological polar surface area (TPSA) is 64.5 Å². The van der Waals surface area contributed by atoms with Crippen LogP contribution in [0.2, 0.25) is 0 Å². The van der Waals surface area contributed by atoms with Gasteiger partial charge in [-0.3, -0.25) is 0 Å². The number of rotatable bonds is 7. The molecule has 6 N–H and O–H groups in total. The minimum Gasteiger partial charge on any atom is -1.00 e. The Kier molecular flexibility index (Phi) is 10.9. The Morgan fingerprint density at radius 1 is 1.08 bits per heavy atom. The SMILES string of the molecule is Cc1ccc(C(O)C(C)[NH2+]CCCc2ccccc2)cc1[NH3+].[Cl-].[Cl-]. The maximum absolute atomic E-state index is 10.5. The largest absolute Gasteiger partial charge is 1.00 e.